The summed E-state index contributed by atoms with van der Waals surface area (Å²) >= 11 is 0.864. The summed E-state index contributed by atoms with van der Waals surface area (Å²) in [6.07, 6.45) is 0. The fraction of sp³-hybridized carbons (Fsp3) is 0.125. The predicted octanol–water partition coefficient (Wildman–Crippen LogP) is 2.63. The van der Waals surface area contributed by atoms with Crippen LogP contribution in [-0.2, 0) is 13.1 Å². The minimum atomic E-state index is -0.705. The normalized spacial score (nSPS) is 9.91. The Bertz CT molecular complexity index is 637. The molecule has 2 aromatic carbocycles. The van der Waals surface area contributed by atoms with Gasteiger partial charge in [0.1, 0.15) is 0 Å². The summed E-state index contributed by atoms with van der Waals surface area (Å²) in [5.41, 5.74) is 7.01. The molecule has 0 aliphatic rings. The fourth-order valence-electron chi connectivity index (χ4n) is 1.86. The molecule has 2 aromatic rings. The first-order valence-electron chi connectivity index (χ1n) is 7.01. The molecular formula is C16H18N4O2S. The van der Waals surface area contributed by atoms with Gasteiger partial charge in [0.25, 0.3) is 0 Å². The average Bonchev–Trinajstić information content (AvgIpc) is 2.58. The highest BCUT2D eigenvalue weighted by Gasteiger charge is 2.15. The molecule has 6 nitrogen and oxygen atoms in total. The van der Waals surface area contributed by atoms with E-state index in [1.807, 2.05) is 60.7 Å². The molecule has 0 heterocycles. The van der Waals surface area contributed by atoms with Gasteiger partial charge in [-0.05, 0) is 11.1 Å². The molecule has 2 rings (SSSR count). The third-order valence-corrected chi connectivity index (χ3v) is 3.75. The van der Waals surface area contributed by atoms with Crippen LogP contribution in [0.4, 0.5) is 9.59 Å². The molecule has 0 aromatic heterocycles. The summed E-state index contributed by atoms with van der Waals surface area (Å²) in [4.78, 5) is 23.2. The molecule has 120 valence electrons. The first kappa shape index (κ1) is 16.7. The van der Waals surface area contributed by atoms with Gasteiger partial charge >= 0.3 is 12.1 Å². The molecule has 0 saturated heterocycles. The molecule has 7 heteroatoms. The van der Waals surface area contributed by atoms with E-state index in [2.05, 4.69) is 10.0 Å². The fourth-order valence-corrected chi connectivity index (χ4v) is 2.42. The monoisotopic (exact) mass is 330 g/mol. The van der Waals surface area contributed by atoms with Gasteiger partial charge in [-0.2, -0.15) is 0 Å². The number of hydrogen-bond acceptors (Lipinski definition) is 3. The van der Waals surface area contributed by atoms with E-state index in [1.165, 1.54) is 4.31 Å². The number of urea groups is 2. The first-order chi connectivity index (χ1) is 11.1. The molecule has 4 amide bonds. The van der Waals surface area contributed by atoms with Crippen LogP contribution in [0.3, 0.4) is 0 Å². The number of rotatable bonds is 6. The minimum absolute atomic E-state index is 0.309. The number of amides is 4. The van der Waals surface area contributed by atoms with E-state index in [0.29, 0.717) is 13.1 Å². The maximum absolute atomic E-state index is 12.3. The van der Waals surface area contributed by atoms with Gasteiger partial charge in [0.05, 0.1) is 18.7 Å². The van der Waals surface area contributed by atoms with E-state index in [-0.39, 0.29) is 6.03 Å². The van der Waals surface area contributed by atoms with Gasteiger partial charge in [-0.3, -0.25) is 4.72 Å². The highest BCUT2D eigenvalue weighted by Crippen LogP contribution is 2.13. The molecule has 23 heavy (non-hydrogen) atoms. The van der Waals surface area contributed by atoms with Crippen molar-refractivity contribution in [2.45, 2.75) is 13.1 Å². The lowest BCUT2D eigenvalue weighted by Crippen LogP contribution is -2.38. The van der Waals surface area contributed by atoms with Crippen molar-refractivity contribution < 1.29 is 9.59 Å². The van der Waals surface area contributed by atoms with E-state index in [9.17, 15) is 9.59 Å². The standard InChI is InChI=1S/C16H18N4O2S/c17-15(21)19-23-20(12-14-9-5-2-6-10-14)16(22)18-11-13-7-3-1-4-8-13/h1-10H,11-12H2,(H,18,22)(H3,17,19,21). The predicted molar refractivity (Wildman–Crippen MR) is 91.0 cm³/mol. The Morgan fingerprint density at radius 3 is 2.09 bits per heavy atom. The molecule has 0 aliphatic carbocycles. The summed E-state index contributed by atoms with van der Waals surface area (Å²) in [7, 11) is 0. The maximum Gasteiger partial charge on any atom is 0.329 e. The third-order valence-electron chi connectivity index (χ3n) is 2.94. The van der Waals surface area contributed by atoms with Crippen LogP contribution in [0.5, 0.6) is 0 Å². The summed E-state index contributed by atoms with van der Waals surface area (Å²) in [5, 5.41) is 2.82. The van der Waals surface area contributed by atoms with E-state index in [4.69, 9.17) is 5.73 Å². The lowest BCUT2D eigenvalue weighted by atomic mass is 10.2. The summed E-state index contributed by atoms with van der Waals surface area (Å²) < 4.78 is 3.77. The molecule has 0 spiro atoms. The van der Waals surface area contributed by atoms with Gasteiger partial charge in [-0.1, -0.05) is 60.7 Å². The number of primary amides is 1. The summed E-state index contributed by atoms with van der Waals surface area (Å²) in [6.45, 7) is 0.745. The zero-order valence-electron chi connectivity index (χ0n) is 12.4. The summed E-state index contributed by atoms with van der Waals surface area (Å²) in [5.74, 6) is 0. The third kappa shape index (κ3) is 5.91. The van der Waals surface area contributed by atoms with Crippen molar-refractivity contribution in [1.29, 1.82) is 0 Å². The highest BCUT2D eigenvalue weighted by molar-refractivity contribution is 7.96. The number of hydrogen-bond donors (Lipinski definition) is 3. The number of carbonyl (C=O) groups is 2. The second-order valence-electron chi connectivity index (χ2n) is 4.72. The lowest BCUT2D eigenvalue weighted by molar-refractivity contribution is 0.224. The molecule has 0 saturated carbocycles. The van der Waals surface area contributed by atoms with Crippen LogP contribution in [0.2, 0.25) is 0 Å². The zero-order valence-corrected chi connectivity index (χ0v) is 13.3. The van der Waals surface area contributed by atoms with E-state index in [1.54, 1.807) is 0 Å². The average molecular weight is 330 g/mol. The quantitative estimate of drug-likeness (QED) is 0.712. The van der Waals surface area contributed by atoms with Crippen LogP contribution in [0.1, 0.15) is 11.1 Å². The topological polar surface area (TPSA) is 87.5 Å². The Kier molecular flexibility index (Phi) is 6.31. The van der Waals surface area contributed by atoms with Gasteiger partial charge in [0, 0.05) is 6.54 Å². The van der Waals surface area contributed by atoms with Crippen molar-refractivity contribution in [1.82, 2.24) is 14.3 Å². The molecule has 4 N–H and O–H groups in total. The number of benzene rings is 2. The Morgan fingerprint density at radius 1 is 0.957 bits per heavy atom. The van der Waals surface area contributed by atoms with Crippen LogP contribution in [0, 0.1) is 0 Å². The molecule has 0 atom stereocenters. The number of nitrogens with zero attached hydrogens (tertiary/aromatic N) is 1. The Balaban J connectivity index is 1.97. The van der Waals surface area contributed by atoms with Crippen molar-refractivity contribution >= 4 is 24.2 Å². The maximum atomic E-state index is 12.3. The van der Waals surface area contributed by atoms with Gasteiger partial charge in [-0.15, -0.1) is 0 Å². The van der Waals surface area contributed by atoms with Crippen LogP contribution in [0.15, 0.2) is 60.7 Å². The SMILES string of the molecule is NC(=O)NSN(Cc1ccccc1)C(=O)NCc1ccccc1. The van der Waals surface area contributed by atoms with Gasteiger partial charge < -0.3 is 11.1 Å². The largest absolute Gasteiger partial charge is 0.351 e. The number of nitrogens with one attached hydrogen (secondary N) is 2. The minimum Gasteiger partial charge on any atom is -0.351 e. The van der Waals surface area contributed by atoms with Crippen molar-refractivity contribution in [3.8, 4) is 0 Å². The number of nitrogens with two attached hydrogens (primary N) is 1. The van der Waals surface area contributed by atoms with Crippen LogP contribution in [-0.4, -0.2) is 16.4 Å². The second kappa shape index (κ2) is 8.70. The van der Waals surface area contributed by atoms with E-state index < -0.39 is 6.03 Å². The van der Waals surface area contributed by atoms with Crippen LogP contribution < -0.4 is 15.8 Å². The molecule has 0 aliphatic heterocycles. The summed E-state index contributed by atoms with van der Waals surface area (Å²) in [6, 6.07) is 18.1. The Hall–Kier alpha value is -2.67. The van der Waals surface area contributed by atoms with Crippen LogP contribution >= 0.6 is 12.1 Å². The molecule has 0 unspecified atom stereocenters. The number of carbonyl (C=O) groups excluding carboxylic acids is 2. The van der Waals surface area contributed by atoms with Gasteiger partial charge in [0.15, 0.2) is 0 Å². The van der Waals surface area contributed by atoms with Crippen molar-refractivity contribution in [3.05, 3.63) is 71.8 Å². The van der Waals surface area contributed by atoms with Crippen molar-refractivity contribution in [3.63, 3.8) is 0 Å². The molecule has 0 fully saturated rings. The lowest BCUT2D eigenvalue weighted by Gasteiger charge is -2.21. The van der Waals surface area contributed by atoms with E-state index in [0.717, 1.165) is 23.3 Å². The van der Waals surface area contributed by atoms with Gasteiger partial charge in [0.2, 0.25) is 0 Å². The molecule has 0 radical (unpaired) electrons. The van der Waals surface area contributed by atoms with Crippen molar-refractivity contribution in [2.24, 2.45) is 5.73 Å². The van der Waals surface area contributed by atoms with Gasteiger partial charge in [-0.25, -0.2) is 13.9 Å². The Labute approximate surface area is 139 Å². The van der Waals surface area contributed by atoms with E-state index >= 15 is 0 Å². The zero-order chi connectivity index (χ0) is 16.5. The molecule has 0 bridgehead atoms. The van der Waals surface area contributed by atoms with Crippen molar-refractivity contribution in [2.75, 3.05) is 0 Å². The Morgan fingerprint density at radius 2 is 1.52 bits per heavy atom. The smallest absolute Gasteiger partial charge is 0.329 e. The first-order valence-corrected chi connectivity index (χ1v) is 7.78. The second-order valence-corrected chi connectivity index (χ2v) is 5.55. The van der Waals surface area contributed by atoms with Crippen LogP contribution in [0.25, 0.3) is 0 Å². The highest BCUT2D eigenvalue weighted by atomic mass is 32.2. The molecular weight excluding hydrogens is 312 g/mol.